The van der Waals surface area contributed by atoms with Crippen molar-refractivity contribution >= 4 is 29.6 Å². The van der Waals surface area contributed by atoms with Crippen molar-refractivity contribution in [2.24, 2.45) is 11.5 Å². The van der Waals surface area contributed by atoms with E-state index in [2.05, 4.69) is 16.0 Å². The molecule has 30 heavy (non-hydrogen) atoms. The van der Waals surface area contributed by atoms with Crippen molar-refractivity contribution in [1.29, 1.82) is 0 Å². The molecule has 0 aromatic heterocycles. The fraction of sp³-hybridized carbons (Fsp3) is 0.421. The number of amides is 4. The van der Waals surface area contributed by atoms with Crippen molar-refractivity contribution in [3.63, 3.8) is 0 Å². The highest BCUT2D eigenvalue weighted by Crippen LogP contribution is 2.05. The van der Waals surface area contributed by atoms with Crippen LogP contribution in [0.5, 0.6) is 0 Å². The average molecular weight is 421 g/mol. The molecule has 1 aromatic rings. The summed E-state index contributed by atoms with van der Waals surface area (Å²) < 4.78 is 0. The highest BCUT2D eigenvalue weighted by molar-refractivity contribution is 5.94. The van der Waals surface area contributed by atoms with Crippen LogP contribution in [0.1, 0.15) is 25.8 Å². The summed E-state index contributed by atoms with van der Waals surface area (Å²) in [6.45, 7) is 2.80. The van der Waals surface area contributed by atoms with Gasteiger partial charge < -0.3 is 32.5 Å². The van der Waals surface area contributed by atoms with Gasteiger partial charge in [0.2, 0.25) is 23.6 Å². The normalized spacial score (nSPS) is 14.5. The quantitative estimate of drug-likeness (QED) is 0.238. The summed E-state index contributed by atoms with van der Waals surface area (Å²) in [6.07, 6.45) is -0.443. The van der Waals surface area contributed by atoms with Crippen LogP contribution in [-0.2, 0) is 30.4 Å². The lowest BCUT2D eigenvalue weighted by molar-refractivity contribution is -0.143. The Bertz CT molecular complexity index is 783. The van der Waals surface area contributed by atoms with Gasteiger partial charge in [-0.3, -0.25) is 19.2 Å². The maximum atomic E-state index is 12.7. The lowest BCUT2D eigenvalue weighted by Gasteiger charge is -2.23. The molecule has 0 spiro atoms. The second-order valence-electron chi connectivity index (χ2n) is 6.84. The molecule has 8 N–H and O–H groups in total. The molecule has 1 aromatic carbocycles. The topological polar surface area (TPSA) is 194 Å². The number of benzene rings is 1. The number of carboxylic acids is 1. The summed E-state index contributed by atoms with van der Waals surface area (Å²) >= 11 is 0. The fourth-order valence-corrected chi connectivity index (χ4v) is 2.44. The predicted octanol–water partition coefficient (Wildman–Crippen LogP) is -1.99. The Labute approximate surface area is 173 Å². The minimum absolute atomic E-state index is 0.152. The van der Waals surface area contributed by atoms with Crippen molar-refractivity contribution in [2.45, 2.75) is 50.9 Å². The van der Waals surface area contributed by atoms with Crippen molar-refractivity contribution in [2.75, 3.05) is 0 Å². The highest BCUT2D eigenvalue weighted by Gasteiger charge is 2.28. The van der Waals surface area contributed by atoms with Crippen molar-refractivity contribution < 1.29 is 29.1 Å². The summed E-state index contributed by atoms with van der Waals surface area (Å²) in [6, 6.07) is 4.38. The van der Waals surface area contributed by atoms with Gasteiger partial charge in [0.05, 0.1) is 12.5 Å². The van der Waals surface area contributed by atoms with Gasteiger partial charge in [-0.25, -0.2) is 4.79 Å². The molecule has 0 aliphatic rings. The molecule has 0 saturated carbocycles. The summed E-state index contributed by atoms with van der Waals surface area (Å²) in [5.41, 5.74) is 11.3. The van der Waals surface area contributed by atoms with Gasteiger partial charge in [-0.2, -0.15) is 0 Å². The van der Waals surface area contributed by atoms with E-state index >= 15 is 0 Å². The molecule has 0 heterocycles. The number of nitrogens with one attached hydrogen (secondary N) is 3. The molecule has 0 bridgehead atoms. The Hall–Kier alpha value is -3.47. The Kier molecular flexibility index (Phi) is 9.43. The van der Waals surface area contributed by atoms with Crippen molar-refractivity contribution in [3.05, 3.63) is 35.9 Å². The molecule has 0 fully saturated rings. The average Bonchev–Trinajstić information content (AvgIpc) is 2.66. The molecule has 4 atom stereocenters. The lowest BCUT2D eigenvalue weighted by Crippen LogP contribution is -2.56. The van der Waals surface area contributed by atoms with E-state index in [9.17, 15) is 24.0 Å². The maximum Gasteiger partial charge on any atom is 0.326 e. The number of carboxylic acid groups (broad SMARTS) is 1. The smallest absolute Gasteiger partial charge is 0.326 e. The zero-order valence-corrected chi connectivity index (χ0v) is 16.8. The summed E-state index contributed by atoms with van der Waals surface area (Å²) in [4.78, 5) is 59.0. The van der Waals surface area contributed by atoms with E-state index in [1.165, 1.54) is 13.8 Å². The van der Waals surface area contributed by atoms with E-state index in [0.29, 0.717) is 0 Å². The van der Waals surface area contributed by atoms with E-state index < -0.39 is 60.2 Å². The molecule has 0 aliphatic heterocycles. The predicted molar refractivity (Wildman–Crippen MR) is 107 cm³/mol. The molecular formula is C19H27N5O6. The van der Waals surface area contributed by atoms with Gasteiger partial charge in [0.1, 0.15) is 18.1 Å². The van der Waals surface area contributed by atoms with Gasteiger partial charge in [0.25, 0.3) is 0 Å². The number of carbonyl (C=O) groups is 5. The Balaban J connectivity index is 2.84. The van der Waals surface area contributed by atoms with E-state index in [-0.39, 0.29) is 6.42 Å². The van der Waals surface area contributed by atoms with E-state index in [0.717, 1.165) is 5.56 Å². The first kappa shape index (κ1) is 24.6. The van der Waals surface area contributed by atoms with Gasteiger partial charge in [-0.05, 0) is 19.4 Å². The third-order valence-electron chi connectivity index (χ3n) is 4.10. The zero-order valence-electron chi connectivity index (χ0n) is 16.8. The second kappa shape index (κ2) is 11.5. The van der Waals surface area contributed by atoms with Crippen LogP contribution >= 0.6 is 0 Å². The van der Waals surface area contributed by atoms with Crippen LogP contribution in [0, 0.1) is 0 Å². The van der Waals surface area contributed by atoms with Crippen LogP contribution in [0.2, 0.25) is 0 Å². The van der Waals surface area contributed by atoms with Crippen LogP contribution in [0.4, 0.5) is 0 Å². The molecule has 4 unspecified atom stereocenters. The molecule has 1 rings (SSSR count). The fourth-order valence-electron chi connectivity index (χ4n) is 2.44. The van der Waals surface area contributed by atoms with Crippen LogP contribution in [-0.4, -0.2) is 58.9 Å². The van der Waals surface area contributed by atoms with E-state index in [1.807, 2.05) is 0 Å². The SMILES string of the molecule is CC(N)C(=O)NC(Cc1ccccc1)C(=O)NC(C)C(=O)NC(CC(N)=O)C(=O)O. The summed E-state index contributed by atoms with van der Waals surface area (Å²) in [7, 11) is 0. The molecule has 4 amide bonds. The van der Waals surface area contributed by atoms with Crippen LogP contribution < -0.4 is 27.4 Å². The molecule has 11 heteroatoms. The van der Waals surface area contributed by atoms with E-state index in [1.54, 1.807) is 30.3 Å². The Morgan fingerprint density at radius 3 is 1.97 bits per heavy atom. The molecule has 11 nitrogen and oxygen atoms in total. The van der Waals surface area contributed by atoms with Gasteiger partial charge in [-0.15, -0.1) is 0 Å². The molecule has 0 aliphatic carbocycles. The maximum absolute atomic E-state index is 12.7. The minimum atomic E-state index is -1.52. The molecule has 0 saturated heterocycles. The first-order chi connectivity index (χ1) is 14.0. The first-order valence-corrected chi connectivity index (χ1v) is 9.23. The van der Waals surface area contributed by atoms with Crippen LogP contribution in [0.15, 0.2) is 30.3 Å². The van der Waals surface area contributed by atoms with E-state index in [4.69, 9.17) is 16.6 Å². The molecule has 0 radical (unpaired) electrons. The van der Waals surface area contributed by atoms with Crippen molar-refractivity contribution in [1.82, 2.24) is 16.0 Å². The van der Waals surface area contributed by atoms with Gasteiger partial charge >= 0.3 is 5.97 Å². The molecule has 164 valence electrons. The van der Waals surface area contributed by atoms with Crippen LogP contribution in [0.3, 0.4) is 0 Å². The van der Waals surface area contributed by atoms with Gasteiger partial charge in [-0.1, -0.05) is 30.3 Å². The third-order valence-corrected chi connectivity index (χ3v) is 4.10. The number of rotatable bonds is 11. The Morgan fingerprint density at radius 2 is 1.47 bits per heavy atom. The summed E-state index contributed by atoms with van der Waals surface area (Å²) in [5, 5.41) is 16.2. The zero-order chi connectivity index (χ0) is 22.8. The number of hydrogen-bond acceptors (Lipinski definition) is 6. The Morgan fingerprint density at radius 1 is 0.900 bits per heavy atom. The van der Waals surface area contributed by atoms with Gasteiger partial charge in [0.15, 0.2) is 0 Å². The minimum Gasteiger partial charge on any atom is -0.480 e. The number of primary amides is 1. The first-order valence-electron chi connectivity index (χ1n) is 9.23. The number of carbonyl (C=O) groups excluding carboxylic acids is 4. The number of nitrogens with two attached hydrogens (primary N) is 2. The standard InChI is InChI=1S/C19H27N5O6/c1-10(20)16(26)23-13(8-12-6-4-3-5-7-12)18(28)22-11(2)17(27)24-14(19(29)30)9-15(21)25/h3-7,10-11,13-14H,8-9,20H2,1-2H3,(H2,21,25)(H,22,28)(H,23,26)(H,24,27)(H,29,30). The lowest BCUT2D eigenvalue weighted by atomic mass is 10.0. The highest BCUT2D eigenvalue weighted by atomic mass is 16.4. The number of hydrogen-bond donors (Lipinski definition) is 6. The van der Waals surface area contributed by atoms with Gasteiger partial charge in [0, 0.05) is 6.42 Å². The largest absolute Gasteiger partial charge is 0.480 e. The third kappa shape index (κ3) is 8.27. The molecular weight excluding hydrogens is 394 g/mol. The number of aliphatic carboxylic acids is 1. The monoisotopic (exact) mass is 421 g/mol. The van der Waals surface area contributed by atoms with Crippen LogP contribution in [0.25, 0.3) is 0 Å². The second-order valence-corrected chi connectivity index (χ2v) is 6.84. The van der Waals surface area contributed by atoms with Crippen molar-refractivity contribution in [3.8, 4) is 0 Å². The summed E-state index contributed by atoms with van der Waals surface area (Å²) in [5.74, 6) is -4.37.